The van der Waals surface area contributed by atoms with Crippen LogP contribution in [0, 0.1) is 0 Å². The molecule has 1 atom stereocenters. The Labute approximate surface area is 153 Å². The number of benzene rings is 1. The van der Waals surface area contributed by atoms with Crippen LogP contribution in [0.25, 0.3) is 0 Å². The van der Waals surface area contributed by atoms with Gasteiger partial charge in [-0.05, 0) is 43.9 Å². The Balaban J connectivity index is 0.00000220. The van der Waals surface area contributed by atoms with Crippen molar-refractivity contribution in [3.63, 3.8) is 0 Å². The summed E-state index contributed by atoms with van der Waals surface area (Å²) in [7, 11) is 1.83. The van der Waals surface area contributed by atoms with Gasteiger partial charge in [0.05, 0.1) is 0 Å². The molecule has 1 aliphatic rings. The fourth-order valence-corrected chi connectivity index (χ4v) is 2.72. The fraction of sp³-hybridized carbons (Fsp3) is 0.562. The minimum atomic E-state index is 0. The number of hydrogen-bond donors (Lipinski definition) is 2. The van der Waals surface area contributed by atoms with E-state index in [2.05, 4.69) is 69.7 Å². The van der Waals surface area contributed by atoms with Crippen LogP contribution >= 0.6 is 39.9 Å². The summed E-state index contributed by atoms with van der Waals surface area (Å²) < 4.78 is 1.16. The molecule has 1 aromatic carbocycles. The third kappa shape index (κ3) is 5.13. The van der Waals surface area contributed by atoms with Gasteiger partial charge in [-0.2, -0.15) is 0 Å². The largest absolute Gasteiger partial charge is 0.356 e. The van der Waals surface area contributed by atoms with E-state index in [1.807, 2.05) is 7.05 Å². The van der Waals surface area contributed by atoms with Crippen LogP contribution in [0.1, 0.15) is 38.7 Å². The van der Waals surface area contributed by atoms with E-state index in [-0.39, 0.29) is 29.4 Å². The summed E-state index contributed by atoms with van der Waals surface area (Å²) in [6.45, 7) is 5.29. The molecule has 0 heterocycles. The van der Waals surface area contributed by atoms with E-state index in [9.17, 15) is 0 Å². The second-order valence-electron chi connectivity index (χ2n) is 5.67. The molecule has 3 nitrogen and oxygen atoms in total. The molecule has 0 bridgehead atoms. The van der Waals surface area contributed by atoms with E-state index in [4.69, 9.17) is 0 Å². The molecule has 1 aromatic rings. The Morgan fingerprint density at radius 3 is 2.67 bits per heavy atom. The van der Waals surface area contributed by atoms with Crippen molar-refractivity contribution < 1.29 is 0 Å². The average Bonchev–Trinajstić information content (AvgIpc) is 3.24. The second-order valence-corrected chi connectivity index (χ2v) is 6.59. The van der Waals surface area contributed by atoms with Crippen LogP contribution < -0.4 is 10.6 Å². The van der Waals surface area contributed by atoms with E-state index in [0.29, 0.717) is 6.04 Å². The third-order valence-electron chi connectivity index (χ3n) is 4.10. The molecule has 21 heavy (non-hydrogen) atoms. The van der Waals surface area contributed by atoms with Crippen molar-refractivity contribution in [1.29, 1.82) is 0 Å². The fourth-order valence-electron chi connectivity index (χ4n) is 2.32. The van der Waals surface area contributed by atoms with Crippen molar-refractivity contribution in [3.05, 3.63) is 34.3 Å². The van der Waals surface area contributed by atoms with Crippen LogP contribution in [0.15, 0.2) is 33.7 Å². The molecule has 0 amide bonds. The Bertz CT molecular complexity index is 486. The number of halogens is 2. The van der Waals surface area contributed by atoms with Crippen molar-refractivity contribution in [2.45, 2.75) is 44.6 Å². The Morgan fingerprint density at radius 2 is 2.14 bits per heavy atom. The van der Waals surface area contributed by atoms with Gasteiger partial charge in [0.25, 0.3) is 0 Å². The second kappa shape index (κ2) is 8.36. The molecular formula is C16H25BrIN3. The molecule has 0 radical (unpaired) electrons. The maximum Gasteiger partial charge on any atom is 0.191 e. The van der Waals surface area contributed by atoms with Gasteiger partial charge < -0.3 is 10.6 Å². The van der Waals surface area contributed by atoms with Gasteiger partial charge in [-0.15, -0.1) is 24.0 Å². The van der Waals surface area contributed by atoms with Gasteiger partial charge in [-0.25, -0.2) is 0 Å². The first kappa shape index (κ1) is 18.7. The molecule has 0 aliphatic heterocycles. The lowest BCUT2D eigenvalue weighted by Gasteiger charge is -2.21. The van der Waals surface area contributed by atoms with Crippen molar-refractivity contribution in [3.8, 4) is 0 Å². The van der Waals surface area contributed by atoms with E-state index >= 15 is 0 Å². The number of nitrogens with one attached hydrogen (secondary N) is 2. The van der Waals surface area contributed by atoms with Crippen LogP contribution in [0.5, 0.6) is 0 Å². The van der Waals surface area contributed by atoms with Gasteiger partial charge in [-0.1, -0.05) is 35.0 Å². The van der Waals surface area contributed by atoms with E-state index in [1.165, 1.54) is 18.4 Å². The number of nitrogens with zero attached hydrogens (tertiary/aromatic N) is 1. The van der Waals surface area contributed by atoms with Gasteiger partial charge in [0, 0.05) is 29.5 Å². The lowest BCUT2D eigenvalue weighted by Crippen LogP contribution is -2.44. The normalized spacial score (nSPS) is 17.6. The SMILES string of the molecule is CCC(C)NC(=NC)NCC1(c2cccc(Br)c2)CC1.I. The maximum absolute atomic E-state index is 4.30. The summed E-state index contributed by atoms with van der Waals surface area (Å²) in [6.07, 6.45) is 3.59. The predicted molar refractivity (Wildman–Crippen MR) is 105 cm³/mol. The first-order chi connectivity index (χ1) is 9.59. The topological polar surface area (TPSA) is 36.4 Å². The van der Waals surface area contributed by atoms with Crippen LogP contribution in [-0.4, -0.2) is 25.6 Å². The van der Waals surface area contributed by atoms with Gasteiger partial charge in [-0.3, -0.25) is 4.99 Å². The molecule has 1 saturated carbocycles. The maximum atomic E-state index is 4.30. The van der Waals surface area contributed by atoms with Gasteiger partial charge in [0.15, 0.2) is 5.96 Å². The molecule has 2 N–H and O–H groups in total. The molecule has 2 rings (SSSR count). The summed E-state index contributed by atoms with van der Waals surface area (Å²) in [6, 6.07) is 9.11. The first-order valence-electron chi connectivity index (χ1n) is 7.33. The third-order valence-corrected chi connectivity index (χ3v) is 4.60. The van der Waals surface area contributed by atoms with Gasteiger partial charge >= 0.3 is 0 Å². The molecule has 0 spiro atoms. The minimum absolute atomic E-state index is 0. The van der Waals surface area contributed by atoms with Crippen LogP contribution in [-0.2, 0) is 5.41 Å². The number of hydrogen-bond acceptors (Lipinski definition) is 1. The summed E-state index contributed by atoms with van der Waals surface area (Å²) in [4.78, 5) is 4.30. The average molecular weight is 466 g/mol. The van der Waals surface area contributed by atoms with Crippen LogP contribution in [0.4, 0.5) is 0 Å². The van der Waals surface area contributed by atoms with Crippen molar-refractivity contribution in [2.75, 3.05) is 13.6 Å². The molecule has 118 valence electrons. The predicted octanol–water partition coefficient (Wildman–Crippen LogP) is 4.06. The number of aliphatic imine (C=N–C) groups is 1. The van der Waals surface area contributed by atoms with Gasteiger partial charge in [0.2, 0.25) is 0 Å². The highest BCUT2D eigenvalue weighted by molar-refractivity contribution is 14.0. The lowest BCUT2D eigenvalue weighted by molar-refractivity contribution is 0.601. The zero-order valence-corrected chi connectivity index (χ0v) is 16.9. The Morgan fingerprint density at radius 1 is 1.43 bits per heavy atom. The summed E-state index contributed by atoms with van der Waals surface area (Å²) in [5, 5.41) is 6.89. The highest BCUT2D eigenvalue weighted by Crippen LogP contribution is 2.48. The zero-order valence-electron chi connectivity index (χ0n) is 12.9. The smallest absolute Gasteiger partial charge is 0.191 e. The molecule has 1 fully saturated rings. The number of rotatable bonds is 5. The van der Waals surface area contributed by atoms with Crippen molar-refractivity contribution in [2.24, 2.45) is 4.99 Å². The quantitative estimate of drug-likeness (QED) is 0.390. The first-order valence-corrected chi connectivity index (χ1v) is 8.12. The summed E-state index contributed by atoms with van der Waals surface area (Å²) >= 11 is 3.56. The Kier molecular flexibility index (Phi) is 7.47. The molecule has 0 aromatic heterocycles. The highest BCUT2D eigenvalue weighted by atomic mass is 127. The highest BCUT2D eigenvalue weighted by Gasteiger charge is 2.44. The molecule has 1 aliphatic carbocycles. The lowest BCUT2D eigenvalue weighted by atomic mass is 9.96. The molecular weight excluding hydrogens is 441 g/mol. The van der Waals surface area contributed by atoms with E-state index < -0.39 is 0 Å². The van der Waals surface area contributed by atoms with Crippen molar-refractivity contribution in [1.82, 2.24) is 10.6 Å². The minimum Gasteiger partial charge on any atom is -0.356 e. The summed E-state index contributed by atoms with van der Waals surface area (Å²) in [5.74, 6) is 0.903. The monoisotopic (exact) mass is 465 g/mol. The van der Waals surface area contributed by atoms with Crippen LogP contribution in [0.2, 0.25) is 0 Å². The van der Waals surface area contributed by atoms with E-state index in [1.54, 1.807) is 0 Å². The molecule has 0 saturated heterocycles. The van der Waals surface area contributed by atoms with Gasteiger partial charge in [0.1, 0.15) is 0 Å². The van der Waals surface area contributed by atoms with Crippen molar-refractivity contribution >= 4 is 45.9 Å². The Hall–Kier alpha value is -0.300. The number of guanidine groups is 1. The van der Waals surface area contributed by atoms with E-state index in [0.717, 1.165) is 23.4 Å². The molecule has 1 unspecified atom stereocenters. The molecule has 5 heteroatoms. The summed E-state index contributed by atoms with van der Waals surface area (Å²) in [5.41, 5.74) is 1.70. The zero-order chi connectivity index (χ0) is 14.6. The standard InChI is InChI=1S/C16H24BrN3.HI/c1-4-12(2)20-15(18-3)19-11-16(8-9-16)13-6-5-7-14(17)10-13;/h5-7,10,12H,4,8-9,11H2,1-3H3,(H2,18,19,20);1H. The van der Waals surface area contributed by atoms with Crippen LogP contribution in [0.3, 0.4) is 0 Å².